The van der Waals surface area contributed by atoms with Crippen LogP contribution in [0.2, 0.25) is 0 Å². The molecule has 1 aromatic carbocycles. The SMILES string of the molecule is COc1cc(OC)c2cc(/C(=N\OSC)C(F)(F)F)c(=O)oc2c1. The first-order valence-corrected chi connectivity index (χ1v) is 7.52. The maximum Gasteiger partial charge on any atom is 0.437 e. The number of oxime groups is 1. The van der Waals surface area contributed by atoms with Crippen LogP contribution >= 0.6 is 12.0 Å². The summed E-state index contributed by atoms with van der Waals surface area (Å²) in [7, 11) is 2.72. The smallest absolute Gasteiger partial charge is 0.437 e. The second-order valence-electron chi connectivity index (χ2n) is 4.37. The average molecular weight is 363 g/mol. The summed E-state index contributed by atoms with van der Waals surface area (Å²) in [5.74, 6) is 0.507. The molecule has 0 aliphatic rings. The fourth-order valence-electron chi connectivity index (χ4n) is 1.94. The molecule has 0 aliphatic carbocycles. The third-order valence-electron chi connectivity index (χ3n) is 2.97. The maximum absolute atomic E-state index is 13.2. The van der Waals surface area contributed by atoms with Crippen molar-refractivity contribution >= 4 is 28.7 Å². The lowest BCUT2D eigenvalue weighted by atomic mass is 10.1. The van der Waals surface area contributed by atoms with Gasteiger partial charge in [-0.1, -0.05) is 5.16 Å². The zero-order valence-corrected chi connectivity index (χ0v) is 13.6. The van der Waals surface area contributed by atoms with E-state index in [-0.39, 0.29) is 16.7 Å². The number of ether oxygens (including phenoxy) is 2. The third-order valence-corrected chi connectivity index (χ3v) is 3.19. The number of hydrogen-bond acceptors (Lipinski definition) is 7. The van der Waals surface area contributed by atoms with E-state index in [1.54, 1.807) is 0 Å². The molecule has 0 unspecified atom stereocenters. The Balaban J connectivity index is 2.75. The van der Waals surface area contributed by atoms with Gasteiger partial charge < -0.3 is 18.2 Å². The van der Waals surface area contributed by atoms with Crippen molar-refractivity contribution in [3.8, 4) is 11.5 Å². The van der Waals surface area contributed by atoms with Crippen molar-refractivity contribution in [3.63, 3.8) is 0 Å². The fourth-order valence-corrected chi connectivity index (χ4v) is 2.09. The lowest BCUT2D eigenvalue weighted by Crippen LogP contribution is -2.29. The molecule has 0 bridgehead atoms. The van der Waals surface area contributed by atoms with Crippen LogP contribution in [0.15, 0.2) is 32.6 Å². The predicted octanol–water partition coefficient (Wildman–Crippen LogP) is 3.37. The highest BCUT2D eigenvalue weighted by Gasteiger charge is 2.40. The normalized spacial score (nSPS) is 12.3. The summed E-state index contributed by atoms with van der Waals surface area (Å²) in [4.78, 5) is 12.0. The Morgan fingerprint density at radius 3 is 2.46 bits per heavy atom. The average Bonchev–Trinajstić information content (AvgIpc) is 2.53. The van der Waals surface area contributed by atoms with Crippen LogP contribution in [-0.4, -0.2) is 32.4 Å². The Bertz CT molecular complexity index is 831. The van der Waals surface area contributed by atoms with Gasteiger partial charge in [0.25, 0.3) is 0 Å². The lowest BCUT2D eigenvalue weighted by Gasteiger charge is -2.11. The summed E-state index contributed by atoms with van der Waals surface area (Å²) in [6, 6.07) is 3.82. The standard InChI is InChI=1S/C14H12F3NO5S/c1-20-7-4-10(21-2)8-6-9(13(19)22-11(8)5-7)12(14(15,16)17)18-23-24-3/h4-6H,1-3H3/b18-12+. The fraction of sp³-hybridized carbons (Fsp3) is 0.286. The zero-order valence-electron chi connectivity index (χ0n) is 12.8. The minimum atomic E-state index is -4.90. The molecule has 2 rings (SSSR count). The molecule has 24 heavy (non-hydrogen) atoms. The van der Waals surface area contributed by atoms with Crippen molar-refractivity contribution in [1.29, 1.82) is 0 Å². The summed E-state index contributed by atoms with van der Waals surface area (Å²) in [5.41, 5.74) is -3.47. The van der Waals surface area contributed by atoms with E-state index in [4.69, 9.17) is 13.9 Å². The number of benzene rings is 1. The molecule has 130 valence electrons. The van der Waals surface area contributed by atoms with Gasteiger partial charge in [0.1, 0.15) is 17.1 Å². The van der Waals surface area contributed by atoms with Crippen LogP contribution in [0.3, 0.4) is 0 Å². The highest BCUT2D eigenvalue weighted by Crippen LogP contribution is 2.32. The number of halogens is 3. The molecule has 0 saturated heterocycles. The predicted molar refractivity (Wildman–Crippen MR) is 82.8 cm³/mol. The molecule has 10 heteroatoms. The number of fused-ring (bicyclic) bond motifs is 1. The Morgan fingerprint density at radius 1 is 1.21 bits per heavy atom. The highest BCUT2D eigenvalue weighted by molar-refractivity contribution is 7.93. The number of methoxy groups -OCH3 is 2. The van der Waals surface area contributed by atoms with Crippen LogP contribution in [0.4, 0.5) is 13.2 Å². The third kappa shape index (κ3) is 3.58. The molecule has 0 amide bonds. The Hall–Kier alpha value is -2.36. The van der Waals surface area contributed by atoms with Crippen molar-refractivity contribution in [3.05, 3.63) is 34.2 Å². The number of alkyl halides is 3. The molecule has 0 fully saturated rings. The molecule has 6 nitrogen and oxygen atoms in total. The van der Waals surface area contributed by atoms with E-state index >= 15 is 0 Å². The summed E-state index contributed by atoms with van der Waals surface area (Å²) >= 11 is 0.601. The van der Waals surface area contributed by atoms with Gasteiger partial charge in [-0.2, -0.15) is 13.2 Å². The van der Waals surface area contributed by atoms with E-state index < -0.39 is 23.1 Å². The maximum atomic E-state index is 13.2. The van der Waals surface area contributed by atoms with Gasteiger partial charge >= 0.3 is 11.8 Å². The molecule has 1 aromatic heterocycles. The first-order valence-electron chi connectivity index (χ1n) is 6.37. The van der Waals surface area contributed by atoms with E-state index in [0.717, 1.165) is 6.07 Å². The number of nitrogens with zero attached hydrogens (tertiary/aromatic N) is 1. The van der Waals surface area contributed by atoms with Gasteiger partial charge in [-0.15, -0.1) is 0 Å². The Morgan fingerprint density at radius 2 is 1.92 bits per heavy atom. The largest absolute Gasteiger partial charge is 0.496 e. The van der Waals surface area contributed by atoms with E-state index in [9.17, 15) is 18.0 Å². The molecule has 0 atom stereocenters. The molecular weight excluding hydrogens is 351 g/mol. The Labute approximate surface area is 138 Å². The van der Waals surface area contributed by atoms with Crippen LogP contribution in [0.25, 0.3) is 11.0 Å². The van der Waals surface area contributed by atoms with E-state index in [2.05, 4.69) is 9.44 Å². The van der Waals surface area contributed by atoms with Crippen molar-refractivity contribution < 1.29 is 31.3 Å². The van der Waals surface area contributed by atoms with Gasteiger partial charge in [0.15, 0.2) is 5.71 Å². The van der Waals surface area contributed by atoms with Crippen molar-refractivity contribution in [2.75, 3.05) is 20.5 Å². The summed E-state index contributed by atoms with van der Waals surface area (Å²) in [6.07, 6.45) is -3.52. The topological polar surface area (TPSA) is 70.3 Å². The number of rotatable bonds is 5. The lowest BCUT2D eigenvalue weighted by molar-refractivity contribution is -0.0597. The van der Waals surface area contributed by atoms with Gasteiger partial charge in [0.05, 0.1) is 37.2 Å². The Kier molecular flexibility index (Phi) is 5.27. The first-order chi connectivity index (χ1) is 11.3. The quantitative estimate of drug-likeness (QED) is 0.351. The second-order valence-corrected chi connectivity index (χ2v) is 4.85. The van der Waals surface area contributed by atoms with E-state index in [0.29, 0.717) is 17.8 Å². The molecule has 2 aromatic rings. The van der Waals surface area contributed by atoms with Crippen LogP contribution < -0.4 is 15.1 Å². The van der Waals surface area contributed by atoms with Crippen LogP contribution in [-0.2, 0) is 4.28 Å². The van der Waals surface area contributed by atoms with Crippen LogP contribution in [0.1, 0.15) is 5.56 Å². The monoisotopic (exact) mass is 363 g/mol. The van der Waals surface area contributed by atoms with Gasteiger partial charge in [-0.3, -0.25) is 0 Å². The molecule has 1 heterocycles. The molecule has 0 aliphatic heterocycles. The summed E-state index contributed by atoms with van der Waals surface area (Å²) in [5, 5.41) is 3.13. The molecule has 0 N–H and O–H groups in total. The second kappa shape index (κ2) is 7.04. The van der Waals surface area contributed by atoms with Gasteiger partial charge in [-0.05, 0) is 6.07 Å². The molecule has 0 spiro atoms. The number of hydrogen-bond donors (Lipinski definition) is 0. The van der Waals surface area contributed by atoms with E-state index in [1.165, 1.54) is 32.6 Å². The van der Waals surface area contributed by atoms with Crippen molar-refractivity contribution in [2.24, 2.45) is 5.16 Å². The molecule has 0 saturated carbocycles. The summed E-state index contributed by atoms with van der Waals surface area (Å²) in [6.45, 7) is 0. The van der Waals surface area contributed by atoms with Crippen molar-refractivity contribution in [2.45, 2.75) is 6.18 Å². The van der Waals surface area contributed by atoms with Crippen molar-refractivity contribution in [1.82, 2.24) is 0 Å². The first kappa shape index (κ1) is 18.0. The minimum Gasteiger partial charge on any atom is -0.496 e. The van der Waals surface area contributed by atoms with E-state index in [1.807, 2.05) is 0 Å². The zero-order chi connectivity index (χ0) is 17.9. The van der Waals surface area contributed by atoms with Crippen LogP contribution in [0.5, 0.6) is 11.5 Å². The van der Waals surface area contributed by atoms with Gasteiger partial charge in [0.2, 0.25) is 0 Å². The minimum absolute atomic E-state index is 0.0206. The van der Waals surface area contributed by atoms with Gasteiger partial charge in [-0.25, -0.2) is 4.79 Å². The van der Waals surface area contributed by atoms with Gasteiger partial charge in [0, 0.05) is 18.4 Å². The highest BCUT2D eigenvalue weighted by atomic mass is 32.2. The molecular formula is C14H12F3NO5S. The molecule has 0 radical (unpaired) electrons. The van der Waals surface area contributed by atoms with Crippen LogP contribution in [0, 0.1) is 0 Å². The summed E-state index contributed by atoms with van der Waals surface area (Å²) < 4.78 is 59.0.